The van der Waals surface area contributed by atoms with E-state index in [-0.39, 0.29) is 23.8 Å². The molecule has 1 aromatic heterocycles. The summed E-state index contributed by atoms with van der Waals surface area (Å²) in [4.78, 5) is 29.1. The molecule has 0 radical (unpaired) electrons. The quantitative estimate of drug-likeness (QED) is 0.656. The lowest BCUT2D eigenvalue weighted by Crippen LogP contribution is -2.33. The van der Waals surface area contributed by atoms with Gasteiger partial charge >= 0.3 is 0 Å². The van der Waals surface area contributed by atoms with E-state index in [1.165, 1.54) is 11.8 Å². The van der Waals surface area contributed by atoms with Gasteiger partial charge in [0, 0.05) is 19.4 Å². The molecule has 0 bridgehead atoms. The maximum absolute atomic E-state index is 12.7. The maximum atomic E-state index is 12.7. The minimum atomic E-state index is -0.300. The summed E-state index contributed by atoms with van der Waals surface area (Å²) in [6.45, 7) is 4.52. The highest BCUT2D eigenvalue weighted by Crippen LogP contribution is 2.36. The van der Waals surface area contributed by atoms with E-state index in [1.54, 1.807) is 4.57 Å². The van der Waals surface area contributed by atoms with Crippen molar-refractivity contribution in [2.24, 2.45) is 7.05 Å². The van der Waals surface area contributed by atoms with Crippen molar-refractivity contribution in [3.05, 3.63) is 45.7 Å². The molecule has 1 aliphatic rings. The molecule has 0 saturated carbocycles. The van der Waals surface area contributed by atoms with Crippen molar-refractivity contribution in [2.75, 3.05) is 17.7 Å². The molecule has 7 heteroatoms. The lowest BCUT2D eigenvalue weighted by Gasteiger charge is -2.27. The normalized spacial score (nSPS) is 16.3. The number of amides is 1. The molecular weight excluding hydrogens is 338 g/mol. The fourth-order valence-electron chi connectivity index (χ4n) is 3.04. The molecular formula is C18H21N3O3S. The lowest BCUT2D eigenvalue weighted by molar-refractivity contribution is -0.116. The molecule has 0 spiro atoms. The van der Waals surface area contributed by atoms with Crippen molar-refractivity contribution in [2.45, 2.75) is 31.3 Å². The highest BCUT2D eigenvalue weighted by molar-refractivity contribution is 7.99. The Hall–Kier alpha value is -2.28. The number of fused-ring (bicyclic) bond motifs is 1. The van der Waals surface area contributed by atoms with Gasteiger partial charge in [-0.05, 0) is 30.4 Å². The molecule has 1 amide bonds. The molecule has 2 aromatic rings. The smallest absolute Gasteiger partial charge is 0.279 e. The highest BCUT2D eigenvalue weighted by atomic mass is 32.2. The van der Waals surface area contributed by atoms with Gasteiger partial charge in [-0.15, -0.1) is 0 Å². The van der Waals surface area contributed by atoms with E-state index in [4.69, 9.17) is 4.74 Å². The lowest BCUT2D eigenvalue weighted by atomic mass is 9.87. The molecule has 0 unspecified atom stereocenters. The monoisotopic (exact) mass is 359 g/mol. The number of anilines is 1. The molecule has 1 aromatic carbocycles. The van der Waals surface area contributed by atoms with Gasteiger partial charge in [-0.25, -0.2) is 0 Å². The Morgan fingerprint density at radius 2 is 2.00 bits per heavy atom. The zero-order chi connectivity index (χ0) is 18.0. The summed E-state index contributed by atoms with van der Waals surface area (Å²) in [6, 6.07) is 7.55. The average Bonchev–Trinajstić information content (AvgIpc) is 2.60. The number of nitrogens with zero attached hydrogens (tertiary/aromatic N) is 2. The van der Waals surface area contributed by atoms with Crippen molar-refractivity contribution < 1.29 is 9.53 Å². The molecule has 0 saturated heterocycles. The van der Waals surface area contributed by atoms with E-state index in [1.807, 2.05) is 45.2 Å². The molecule has 2 heterocycles. The second kappa shape index (κ2) is 7.31. The SMILES string of the molecule is CCOc1ccc([C@@H]2CC(=O)Nc3c2c(=O)nc(SCC)n3C)cc1. The number of hydrogen-bond donors (Lipinski definition) is 1. The number of nitrogens with one attached hydrogen (secondary N) is 1. The van der Waals surface area contributed by atoms with Crippen molar-refractivity contribution in [1.82, 2.24) is 9.55 Å². The van der Waals surface area contributed by atoms with Crippen LogP contribution in [-0.2, 0) is 11.8 Å². The second-order valence-corrected chi connectivity index (χ2v) is 6.99. The first-order valence-electron chi connectivity index (χ1n) is 8.31. The number of benzene rings is 1. The van der Waals surface area contributed by atoms with Crippen molar-refractivity contribution in [3.63, 3.8) is 0 Å². The number of ether oxygens (including phenoxy) is 1. The van der Waals surface area contributed by atoms with Gasteiger partial charge < -0.3 is 14.6 Å². The van der Waals surface area contributed by atoms with E-state index in [0.717, 1.165) is 17.1 Å². The van der Waals surface area contributed by atoms with Crippen LogP contribution in [0.5, 0.6) is 5.75 Å². The van der Waals surface area contributed by atoms with Crippen molar-refractivity contribution >= 4 is 23.5 Å². The molecule has 0 fully saturated rings. The van der Waals surface area contributed by atoms with Gasteiger partial charge in [0.2, 0.25) is 5.91 Å². The summed E-state index contributed by atoms with van der Waals surface area (Å²) < 4.78 is 7.26. The first-order chi connectivity index (χ1) is 12.0. The van der Waals surface area contributed by atoms with Crippen molar-refractivity contribution in [3.8, 4) is 5.75 Å². The minimum Gasteiger partial charge on any atom is -0.494 e. The van der Waals surface area contributed by atoms with Gasteiger partial charge in [0.05, 0.1) is 12.2 Å². The van der Waals surface area contributed by atoms with Crippen LogP contribution in [0.15, 0.2) is 34.2 Å². The Morgan fingerprint density at radius 1 is 1.28 bits per heavy atom. The third-order valence-electron chi connectivity index (χ3n) is 4.17. The van der Waals surface area contributed by atoms with Crippen LogP contribution in [0.1, 0.15) is 37.3 Å². The summed E-state index contributed by atoms with van der Waals surface area (Å²) >= 11 is 1.48. The molecule has 6 nitrogen and oxygen atoms in total. The number of carbonyl (C=O) groups is 1. The highest BCUT2D eigenvalue weighted by Gasteiger charge is 2.32. The van der Waals surface area contributed by atoms with Crippen LogP contribution in [-0.4, -0.2) is 27.8 Å². The Bertz CT molecular complexity index is 846. The van der Waals surface area contributed by atoms with Crippen LogP contribution in [0.3, 0.4) is 0 Å². The van der Waals surface area contributed by atoms with E-state index in [0.29, 0.717) is 23.1 Å². The van der Waals surface area contributed by atoms with Gasteiger partial charge in [0.25, 0.3) is 5.56 Å². The van der Waals surface area contributed by atoms with Crippen LogP contribution in [0.25, 0.3) is 0 Å². The summed E-state index contributed by atoms with van der Waals surface area (Å²) in [5.74, 6) is 1.72. The number of carbonyl (C=O) groups excluding carboxylic acids is 1. The van der Waals surface area contributed by atoms with E-state index in [2.05, 4.69) is 10.3 Å². The Kier molecular flexibility index (Phi) is 5.13. The predicted molar refractivity (Wildman–Crippen MR) is 98.6 cm³/mol. The van der Waals surface area contributed by atoms with Gasteiger partial charge in [0.15, 0.2) is 5.16 Å². The van der Waals surface area contributed by atoms with Gasteiger partial charge in [0.1, 0.15) is 11.6 Å². The van der Waals surface area contributed by atoms with Crippen molar-refractivity contribution in [1.29, 1.82) is 0 Å². The van der Waals surface area contributed by atoms with Crippen LogP contribution < -0.4 is 15.6 Å². The molecule has 132 valence electrons. The fraction of sp³-hybridized carbons (Fsp3) is 0.389. The van der Waals surface area contributed by atoms with E-state index < -0.39 is 0 Å². The number of aromatic nitrogens is 2. The predicted octanol–water partition coefficient (Wildman–Crippen LogP) is 2.77. The Labute approximate surface area is 150 Å². The standard InChI is InChI=1S/C18H21N3O3S/c1-4-24-12-8-6-11(7-9-12)13-10-14(22)19-16-15(13)17(23)20-18(21(16)3)25-5-2/h6-9,13H,4-5,10H2,1-3H3,(H,19,22)/t13-/m0/s1. The zero-order valence-electron chi connectivity index (χ0n) is 14.5. The fourth-order valence-corrected chi connectivity index (χ4v) is 3.73. The molecule has 1 atom stereocenters. The van der Waals surface area contributed by atoms with Crippen LogP contribution in [0.2, 0.25) is 0 Å². The summed E-state index contributed by atoms with van der Waals surface area (Å²) in [5, 5.41) is 3.46. The average molecular weight is 359 g/mol. The molecule has 3 rings (SSSR count). The molecule has 0 aliphatic carbocycles. The molecule has 25 heavy (non-hydrogen) atoms. The van der Waals surface area contributed by atoms with Gasteiger partial charge in [-0.2, -0.15) is 4.98 Å². The number of hydrogen-bond acceptors (Lipinski definition) is 5. The number of rotatable bonds is 5. The topological polar surface area (TPSA) is 73.2 Å². The zero-order valence-corrected chi connectivity index (χ0v) is 15.4. The summed E-state index contributed by atoms with van der Waals surface area (Å²) in [6.07, 6.45) is 0.234. The summed E-state index contributed by atoms with van der Waals surface area (Å²) in [7, 11) is 1.82. The first kappa shape index (κ1) is 17.5. The number of thioether (sulfide) groups is 1. The summed E-state index contributed by atoms with van der Waals surface area (Å²) in [5.41, 5.74) is 1.18. The van der Waals surface area contributed by atoms with E-state index >= 15 is 0 Å². The maximum Gasteiger partial charge on any atom is 0.279 e. The van der Waals surface area contributed by atoms with Crippen LogP contribution in [0, 0.1) is 0 Å². The van der Waals surface area contributed by atoms with Gasteiger partial charge in [-0.3, -0.25) is 9.59 Å². The minimum absolute atomic E-state index is 0.0972. The largest absolute Gasteiger partial charge is 0.494 e. The molecule has 1 N–H and O–H groups in total. The molecule has 1 aliphatic heterocycles. The van der Waals surface area contributed by atoms with E-state index in [9.17, 15) is 9.59 Å². The van der Waals surface area contributed by atoms with Crippen LogP contribution >= 0.6 is 11.8 Å². The second-order valence-electron chi connectivity index (χ2n) is 5.76. The van der Waals surface area contributed by atoms with Gasteiger partial charge in [-0.1, -0.05) is 30.8 Å². The Morgan fingerprint density at radius 3 is 2.64 bits per heavy atom. The van der Waals surface area contributed by atoms with Crippen LogP contribution in [0.4, 0.5) is 5.82 Å². The first-order valence-corrected chi connectivity index (χ1v) is 9.30. The Balaban J connectivity index is 2.08. The third kappa shape index (κ3) is 3.42. The third-order valence-corrected chi connectivity index (χ3v) is 5.08.